The smallest absolute Gasteiger partial charge is 0.337 e. The average Bonchev–Trinajstić information content (AvgIpc) is 3.21. The third kappa shape index (κ3) is 4.38. The molecule has 1 amide bonds. The number of hydrogen-bond acceptors (Lipinski definition) is 7. The van der Waals surface area contributed by atoms with Gasteiger partial charge in [-0.3, -0.25) is 14.5 Å². The van der Waals surface area contributed by atoms with E-state index in [1.807, 2.05) is 43.3 Å². The number of methoxy groups -OCH3 is 1. The van der Waals surface area contributed by atoms with Gasteiger partial charge in [-0.2, -0.15) is 0 Å². The molecular weight excluding hydrogens is 484 g/mol. The fourth-order valence-electron chi connectivity index (χ4n) is 4.93. The van der Waals surface area contributed by atoms with Gasteiger partial charge in [-0.25, -0.2) is 4.79 Å². The first-order chi connectivity index (χ1) is 18.3. The van der Waals surface area contributed by atoms with E-state index in [4.69, 9.17) is 9.47 Å². The van der Waals surface area contributed by atoms with Crippen LogP contribution in [0.25, 0.3) is 5.76 Å². The molecule has 0 spiro atoms. The Hall–Kier alpha value is -4.59. The molecule has 8 heteroatoms. The van der Waals surface area contributed by atoms with Crippen molar-refractivity contribution in [2.45, 2.75) is 18.9 Å². The number of Topliss-reactive ketones (excluding diaryl/α,β-unsaturated/α-hetero) is 1. The third-order valence-corrected chi connectivity index (χ3v) is 6.90. The van der Waals surface area contributed by atoms with Gasteiger partial charge in [0.05, 0.1) is 30.9 Å². The second kappa shape index (κ2) is 10.0. The summed E-state index contributed by atoms with van der Waals surface area (Å²) < 4.78 is 10.5. The van der Waals surface area contributed by atoms with Crippen LogP contribution in [0, 0.1) is 0 Å². The summed E-state index contributed by atoms with van der Waals surface area (Å²) in [7, 11) is 5.11. The van der Waals surface area contributed by atoms with Crippen LogP contribution in [0.4, 0.5) is 11.4 Å². The van der Waals surface area contributed by atoms with Crippen LogP contribution < -0.4 is 14.5 Å². The van der Waals surface area contributed by atoms with Crippen LogP contribution >= 0.6 is 0 Å². The maximum atomic E-state index is 13.5. The van der Waals surface area contributed by atoms with E-state index in [-0.39, 0.29) is 16.9 Å². The standard InChI is InChI=1S/C30H28N2O6/c1-31(2)22-12-9-18(10-13-22)26-25(27(33)20-11-14-24-19(16-20)7-5-15-38-24)28(34)29(35)32(26)23-8-4-6-21(17-23)30(36)37-3/h4,6,8-14,16-17,26,33H,5,7,15H2,1-3H3/b27-25-. The lowest BCUT2D eigenvalue weighted by Gasteiger charge is -2.26. The van der Waals surface area contributed by atoms with Gasteiger partial charge in [0.25, 0.3) is 11.7 Å². The van der Waals surface area contributed by atoms with Crippen molar-refractivity contribution in [3.8, 4) is 5.75 Å². The number of rotatable bonds is 5. The number of amides is 1. The van der Waals surface area contributed by atoms with E-state index < -0.39 is 23.7 Å². The molecule has 3 aromatic rings. The maximum Gasteiger partial charge on any atom is 0.337 e. The second-order valence-electron chi connectivity index (χ2n) is 9.47. The molecule has 1 saturated heterocycles. The number of ketones is 1. The number of benzene rings is 3. The predicted octanol–water partition coefficient (Wildman–Crippen LogP) is 4.49. The second-order valence-corrected chi connectivity index (χ2v) is 9.47. The highest BCUT2D eigenvalue weighted by molar-refractivity contribution is 6.51. The molecule has 0 saturated carbocycles. The molecule has 3 aromatic carbocycles. The number of carbonyl (C=O) groups is 3. The molecule has 0 radical (unpaired) electrons. The van der Waals surface area contributed by atoms with Crippen molar-refractivity contribution >= 4 is 34.8 Å². The van der Waals surface area contributed by atoms with Crippen LogP contribution in [0.15, 0.2) is 72.3 Å². The Balaban J connectivity index is 1.68. The number of carbonyl (C=O) groups excluding carboxylic acids is 3. The molecule has 1 unspecified atom stereocenters. The van der Waals surface area contributed by atoms with E-state index in [2.05, 4.69) is 0 Å². The fourth-order valence-corrected chi connectivity index (χ4v) is 4.93. The Labute approximate surface area is 220 Å². The highest BCUT2D eigenvalue weighted by Gasteiger charge is 2.47. The van der Waals surface area contributed by atoms with Crippen molar-refractivity contribution in [3.05, 3.63) is 94.6 Å². The number of esters is 1. The van der Waals surface area contributed by atoms with Crippen molar-refractivity contribution in [2.75, 3.05) is 37.6 Å². The topological polar surface area (TPSA) is 96.4 Å². The quantitative estimate of drug-likeness (QED) is 0.233. The summed E-state index contributed by atoms with van der Waals surface area (Å²) in [6.07, 6.45) is 1.65. The van der Waals surface area contributed by atoms with E-state index in [9.17, 15) is 19.5 Å². The number of aliphatic hydroxyl groups excluding tert-OH is 1. The lowest BCUT2D eigenvalue weighted by Crippen LogP contribution is -2.29. The van der Waals surface area contributed by atoms with Crippen LogP contribution in [0.2, 0.25) is 0 Å². The molecule has 2 aliphatic heterocycles. The van der Waals surface area contributed by atoms with Crippen LogP contribution in [0.5, 0.6) is 5.75 Å². The summed E-state index contributed by atoms with van der Waals surface area (Å²) in [6, 6.07) is 18.1. The van der Waals surface area contributed by atoms with Crippen LogP contribution in [-0.4, -0.2) is 50.6 Å². The Kier molecular flexibility index (Phi) is 6.63. The molecule has 5 rings (SSSR count). The Morgan fingerprint density at radius 2 is 1.79 bits per heavy atom. The van der Waals surface area contributed by atoms with Crippen LogP contribution in [-0.2, 0) is 20.7 Å². The largest absolute Gasteiger partial charge is 0.507 e. The van der Waals surface area contributed by atoms with E-state index in [0.717, 1.165) is 29.8 Å². The maximum absolute atomic E-state index is 13.5. The van der Waals surface area contributed by atoms with Crippen molar-refractivity contribution in [3.63, 3.8) is 0 Å². The van der Waals surface area contributed by atoms with Gasteiger partial charge in [0.2, 0.25) is 0 Å². The van der Waals surface area contributed by atoms with Crippen LogP contribution in [0.1, 0.15) is 39.5 Å². The van der Waals surface area contributed by atoms with Gasteiger partial charge in [0.15, 0.2) is 0 Å². The monoisotopic (exact) mass is 512 g/mol. The number of fused-ring (bicyclic) bond motifs is 1. The van der Waals surface area contributed by atoms with Crippen molar-refractivity contribution in [2.24, 2.45) is 0 Å². The number of aryl methyl sites for hydroxylation is 1. The first-order valence-electron chi connectivity index (χ1n) is 12.3. The van der Waals surface area contributed by atoms with E-state index >= 15 is 0 Å². The van der Waals surface area contributed by atoms with Crippen molar-refractivity contribution in [1.29, 1.82) is 0 Å². The Bertz CT molecular complexity index is 1460. The number of hydrogen-bond donors (Lipinski definition) is 1. The molecule has 2 heterocycles. The van der Waals surface area contributed by atoms with Gasteiger partial charge in [-0.15, -0.1) is 0 Å². The zero-order valence-corrected chi connectivity index (χ0v) is 21.4. The Morgan fingerprint density at radius 3 is 2.50 bits per heavy atom. The number of nitrogens with zero attached hydrogens (tertiary/aromatic N) is 2. The molecule has 8 nitrogen and oxygen atoms in total. The van der Waals surface area contributed by atoms with Gasteiger partial charge in [-0.1, -0.05) is 18.2 Å². The zero-order chi connectivity index (χ0) is 27.0. The normalized spacial score (nSPS) is 18.1. The zero-order valence-electron chi connectivity index (χ0n) is 21.4. The third-order valence-electron chi connectivity index (χ3n) is 6.90. The van der Waals surface area contributed by atoms with Crippen LogP contribution in [0.3, 0.4) is 0 Å². The summed E-state index contributed by atoms with van der Waals surface area (Å²) in [5.74, 6) is -1.67. The van der Waals surface area contributed by atoms with E-state index in [0.29, 0.717) is 23.4 Å². The van der Waals surface area contributed by atoms with Gasteiger partial charge < -0.3 is 19.5 Å². The van der Waals surface area contributed by atoms with E-state index in [1.165, 1.54) is 18.1 Å². The average molecular weight is 513 g/mol. The number of aliphatic hydroxyl groups is 1. The molecule has 1 N–H and O–H groups in total. The lowest BCUT2D eigenvalue weighted by atomic mass is 9.93. The predicted molar refractivity (Wildman–Crippen MR) is 144 cm³/mol. The lowest BCUT2D eigenvalue weighted by molar-refractivity contribution is -0.132. The van der Waals surface area contributed by atoms with Crippen molar-refractivity contribution < 1.29 is 29.0 Å². The molecule has 1 fully saturated rings. The highest BCUT2D eigenvalue weighted by atomic mass is 16.5. The minimum atomic E-state index is -0.911. The molecule has 194 valence electrons. The SMILES string of the molecule is COC(=O)c1cccc(N2C(=O)C(=O)/C(=C(\O)c3ccc4c(c3)CCCO4)C2c2ccc(N(C)C)cc2)c1. The molecule has 0 aromatic heterocycles. The molecule has 38 heavy (non-hydrogen) atoms. The molecule has 2 aliphatic rings. The summed E-state index contributed by atoms with van der Waals surface area (Å²) in [5, 5.41) is 11.5. The highest BCUT2D eigenvalue weighted by Crippen LogP contribution is 2.43. The molecule has 1 atom stereocenters. The molecule has 0 aliphatic carbocycles. The molecular formula is C30H28N2O6. The summed E-state index contributed by atoms with van der Waals surface area (Å²) in [5.41, 5.74) is 3.51. The fraction of sp³-hybridized carbons (Fsp3) is 0.233. The van der Waals surface area contributed by atoms with Gasteiger partial charge in [-0.05, 0) is 72.5 Å². The van der Waals surface area contributed by atoms with Gasteiger partial charge in [0.1, 0.15) is 11.5 Å². The van der Waals surface area contributed by atoms with Crippen molar-refractivity contribution in [1.82, 2.24) is 0 Å². The Morgan fingerprint density at radius 1 is 1.03 bits per heavy atom. The van der Waals surface area contributed by atoms with Gasteiger partial charge in [0, 0.05) is 31.0 Å². The number of ether oxygens (including phenoxy) is 2. The summed E-state index contributed by atoms with van der Waals surface area (Å²) in [4.78, 5) is 42.4. The minimum absolute atomic E-state index is 0.0206. The van der Waals surface area contributed by atoms with E-state index in [1.54, 1.807) is 36.4 Å². The minimum Gasteiger partial charge on any atom is -0.507 e. The molecule has 0 bridgehead atoms. The summed E-state index contributed by atoms with van der Waals surface area (Å²) in [6.45, 7) is 0.636. The number of anilines is 2. The van der Waals surface area contributed by atoms with Gasteiger partial charge >= 0.3 is 5.97 Å². The first-order valence-corrected chi connectivity index (χ1v) is 12.3. The summed E-state index contributed by atoms with van der Waals surface area (Å²) >= 11 is 0. The first kappa shape index (κ1) is 25.1.